The summed E-state index contributed by atoms with van der Waals surface area (Å²) in [6, 6.07) is 6.49. The molecule has 0 bridgehead atoms. The summed E-state index contributed by atoms with van der Waals surface area (Å²) in [6.45, 7) is 3.69. The Morgan fingerprint density at radius 1 is 1.16 bits per heavy atom. The number of aromatic carboxylic acids is 1. The number of amides is 1. The first-order valence-corrected chi connectivity index (χ1v) is 8.42. The molecule has 2 heterocycles. The number of aromatic nitrogens is 2. The van der Waals surface area contributed by atoms with Crippen molar-refractivity contribution in [2.24, 2.45) is 0 Å². The fourth-order valence-corrected chi connectivity index (χ4v) is 3.62. The van der Waals surface area contributed by atoms with E-state index in [-0.39, 0.29) is 41.0 Å². The molecule has 1 aliphatic rings. The maximum Gasteiger partial charge on any atom is 0.275 e. The molecule has 132 valence electrons. The SMILES string of the molecule is C[C@H]1CCC[C@H](C)N1C(=O)Cn1nc(C(=O)[O-])c2ccccc2c1=O. The summed E-state index contributed by atoms with van der Waals surface area (Å²) in [5.41, 5.74) is -0.811. The topological polar surface area (TPSA) is 95.3 Å². The van der Waals surface area contributed by atoms with E-state index in [2.05, 4.69) is 5.10 Å². The number of hydrogen-bond donors (Lipinski definition) is 0. The highest BCUT2D eigenvalue weighted by Crippen LogP contribution is 2.22. The average molecular weight is 342 g/mol. The second-order valence-corrected chi connectivity index (χ2v) is 6.57. The summed E-state index contributed by atoms with van der Waals surface area (Å²) < 4.78 is 0.934. The van der Waals surface area contributed by atoms with Crippen molar-refractivity contribution in [3.05, 3.63) is 40.3 Å². The van der Waals surface area contributed by atoms with Gasteiger partial charge in [-0.1, -0.05) is 18.2 Å². The molecule has 0 N–H and O–H groups in total. The van der Waals surface area contributed by atoms with Crippen molar-refractivity contribution in [3.8, 4) is 0 Å². The third-order valence-electron chi connectivity index (χ3n) is 4.83. The Balaban J connectivity index is 2.01. The highest BCUT2D eigenvalue weighted by molar-refractivity contribution is 6.00. The van der Waals surface area contributed by atoms with E-state index in [0.29, 0.717) is 0 Å². The van der Waals surface area contributed by atoms with Gasteiger partial charge in [-0.2, -0.15) is 5.10 Å². The second-order valence-electron chi connectivity index (χ2n) is 6.57. The van der Waals surface area contributed by atoms with Crippen molar-refractivity contribution < 1.29 is 14.7 Å². The molecule has 1 amide bonds. The van der Waals surface area contributed by atoms with Gasteiger partial charge in [-0.05, 0) is 39.2 Å². The summed E-state index contributed by atoms with van der Waals surface area (Å²) in [6.07, 6.45) is 2.90. The molecule has 1 aliphatic heterocycles. The summed E-state index contributed by atoms with van der Waals surface area (Å²) in [5.74, 6) is -1.70. The standard InChI is InChI=1S/C18H21N3O4/c1-11-6-5-7-12(2)21(11)15(22)10-20-17(23)14-9-4-3-8-13(14)16(19-20)18(24)25/h3-4,8-9,11-12H,5-7,10H2,1-2H3,(H,24,25)/p-1/t11-,12-/m0/s1. The number of benzene rings is 1. The summed E-state index contributed by atoms with van der Waals surface area (Å²) in [4.78, 5) is 38.5. The average Bonchev–Trinajstić information content (AvgIpc) is 2.57. The summed E-state index contributed by atoms with van der Waals surface area (Å²) in [5, 5.41) is 15.7. The fraction of sp³-hybridized carbons (Fsp3) is 0.444. The van der Waals surface area contributed by atoms with E-state index in [1.54, 1.807) is 17.0 Å². The van der Waals surface area contributed by atoms with Gasteiger partial charge < -0.3 is 14.8 Å². The normalized spacial score (nSPS) is 20.6. The van der Waals surface area contributed by atoms with Gasteiger partial charge in [0.05, 0.1) is 11.4 Å². The number of hydrogen-bond acceptors (Lipinski definition) is 5. The molecule has 7 nitrogen and oxygen atoms in total. The van der Waals surface area contributed by atoms with Crippen LogP contribution in [0.4, 0.5) is 0 Å². The monoisotopic (exact) mass is 342 g/mol. The Morgan fingerprint density at radius 2 is 1.76 bits per heavy atom. The maximum atomic E-state index is 12.7. The molecule has 1 aromatic carbocycles. The molecule has 0 aliphatic carbocycles. The number of nitrogens with zero attached hydrogens (tertiary/aromatic N) is 3. The predicted octanol–water partition coefficient (Wildman–Crippen LogP) is 0.549. The molecule has 2 aromatic rings. The number of carboxylic acid groups (broad SMARTS) is 1. The third-order valence-corrected chi connectivity index (χ3v) is 4.83. The molecular formula is C18H20N3O4-. The molecule has 2 atom stereocenters. The van der Waals surface area contributed by atoms with Crippen LogP contribution in [0, 0.1) is 0 Å². The number of carbonyl (C=O) groups excluding carboxylic acids is 2. The molecule has 25 heavy (non-hydrogen) atoms. The molecule has 7 heteroatoms. The summed E-state index contributed by atoms with van der Waals surface area (Å²) in [7, 11) is 0. The first kappa shape index (κ1) is 17.1. The zero-order chi connectivity index (χ0) is 18.1. The minimum Gasteiger partial charge on any atom is -0.543 e. The zero-order valence-electron chi connectivity index (χ0n) is 14.3. The Morgan fingerprint density at radius 3 is 2.36 bits per heavy atom. The van der Waals surface area contributed by atoms with E-state index in [0.717, 1.165) is 23.9 Å². The lowest BCUT2D eigenvalue weighted by molar-refractivity contribution is -0.255. The van der Waals surface area contributed by atoms with Crippen LogP contribution in [0.5, 0.6) is 0 Å². The van der Waals surface area contributed by atoms with Crippen LogP contribution in [0.3, 0.4) is 0 Å². The van der Waals surface area contributed by atoms with Gasteiger partial charge in [0.2, 0.25) is 5.91 Å². The van der Waals surface area contributed by atoms with Crippen LogP contribution in [-0.2, 0) is 11.3 Å². The Bertz CT molecular complexity index is 880. The van der Waals surface area contributed by atoms with Gasteiger partial charge in [0.25, 0.3) is 5.56 Å². The van der Waals surface area contributed by atoms with Gasteiger partial charge in [-0.25, -0.2) is 4.68 Å². The Hall–Kier alpha value is -2.70. The molecule has 0 unspecified atom stereocenters. The lowest BCUT2D eigenvalue weighted by Gasteiger charge is -2.39. The second kappa shape index (κ2) is 6.66. The van der Waals surface area contributed by atoms with Gasteiger partial charge in [0.1, 0.15) is 12.2 Å². The highest BCUT2D eigenvalue weighted by Gasteiger charge is 2.29. The number of carbonyl (C=O) groups is 2. The molecule has 3 rings (SSSR count). The Kier molecular flexibility index (Phi) is 4.57. The van der Waals surface area contributed by atoms with Crippen molar-refractivity contribution in [1.82, 2.24) is 14.7 Å². The summed E-state index contributed by atoms with van der Waals surface area (Å²) >= 11 is 0. The number of carboxylic acids is 1. The highest BCUT2D eigenvalue weighted by atomic mass is 16.4. The molecule has 1 fully saturated rings. The van der Waals surface area contributed by atoms with Gasteiger partial charge >= 0.3 is 0 Å². The first-order chi connectivity index (χ1) is 11.9. The minimum atomic E-state index is -1.47. The fourth-order valence-electron chi connectivity index (χ4n) is 3.62. The number of fused-ring (bicyclic) bond motifs is 1. The third kappa shape index (κ3) is 3.14. The first-order valence-electron chi connectivity index (χ1n) is 8.42. The lowest BCUT2D eigenvalue weighted by atomic mass is 9.97. The molecule has 0 saturated carbocycles. The van der Waals surface area contributed by atoms with Gasteiger partial charge in [-0.15, -0.1) is 0 Å². The van der Waals surface area contributed by atoms with Gasteiger partial charge in [0, 0.05) is 17.5 Å². The van der Waals surface area contributed by atoms with Crippen LogP contribution in [0.1, 0.15) is 43.6 Å². The van der Waals surface area contributed by atoms with E-state index in [9.17, 15) is 19.5 Å². The lowest BCUT2D eigenvalue weighted by Crippen LogP contribution is -2.49. The maximum absolute atomic E-state index is 12.7. The molecular weight excluding hydrogens is 322 g/mol. The molecule has 0 radical (unpaired) electrons. The van der Waals surface area contributed by atoms with Crippen LogP contribution in [0.15, 0.2) is 29.1 Å². The van der Waals surface area contributed by atoms with Gasteiger partial charge in [0.15, 0.2) is 0 Å². The van der Waals surface area contributed by atoms with Crippen LogP contribution >= 0.6 is 0 Å². The smallest absolute Gasteiger partial charge is 0.275 e. The van der Waals surface area contributed by atoms with Crippen molar-refractivity contribution in [1.29, 1.82) is 0 Å². The largest absolute Gasteiger partial charge is 0.543 e. The van der Waals surface area contributed by atoms with E-state index in [1.807, 2.05) is 13.8 Å². The predicted molar refractivity (Wildman–Crippen MR) is 90.0 cm³/mol. The van der Waals surface area contributed by atoms with Crippen molar-refractivity contribution in [2.45, 2.75) is 51.7 Å². The number of rotatable bonds is 3. The van der Waals surface area contributed by atoms with E-state index < -0.39 is 11.5 Å². The molecule has 1 aromatic heterocycles. The van der Waals surface area contributed by atoms with Crippen LogP contribution in [-0.4, -0.2) is 38.6 Å². The van der Waals surface area contributed by atoms with E-state index in [1.165, 1.54) is 12.1 Å². The van der Waals surface area contributed by atoms with Crippen molar-refractivity contribution >= 4 is 22.6 Å². The van der Waals surface area contributed by atoms with Crippen LogP contribution < -0.4 is 10.7 Å². The number of piperidine rings is 1. The van der Waals surface area contributed by atoms with Crippen LogP contribution in [0.25, 0.3) is 10.8 Å². The van der Waals surface area contributed by atoms with E-state index >= 15 is 0 Å². The quantitative estimate of drug-likeness (QED) is 0.812. The van der Waals surface area contributed by atoms with Crippen LogP contribution in [0.2, 0.25) is 0 Å². The molecule has 0 spiro atoms. The van der Waals surface area contributed by atoms with Crippen molar-refractivity contribution in [3.63, 3.8) is 0 Å². The van der Waals surface area contributed by atoms with Gasteiger partial charge in [-0.3, -0.25) is 9.59 Å². The molecule has 1 saturated heterocycles. The minimum absolute atomic E-state index is 0.0908. The van der Waals surface area contributed by atoms with E-state index in [4.69, 9.17) is 0 Å². The van der Waals surface area contributed by atoms with Crippen molar-refractivity contribution in [2.75, 3.05) is 0 Å². The Labute approximate surface area is 144 Å². The zero-order valence-corrected chi connectivity index (χ0v) is 14.3. The number of likely N-dealkylation sites (tertiary alicyclic amines) is 1.